The van der Waals surface area contributed by atoms with Crippen LogP contribution in [-0.2, 0) is 5.75 Å². The Hall–Kier alpha value is -2.96. The second-order valence-corrected chi connectivity index (χ2v) is 7.89. The van der Waals surface area contributed by atoms with Crippen LogP contribution in [0.15, 0.2) is 76.7 Å². The highest BCUT2D eigenvalue weighted by Gasteiger charge is 2.15. The van der Waals surface area contributed by atoms with E-state index in [1.165, 1.54) is 11.8 Å². The molecule has 30 heavy (non-hydrogen) atoms. The number of hydrogen-bond acceptors (Lipinski definition) is 5. The summed E-state index contributed by atoms with van der Waals surface area (Å²) in [6, 6.07) is 20.4. The maximum Gasteiger partial charge on any atom is 0.266 e. The first-order valence-electron chi connectivity index (χ1n) is 9.22. The number of para-hydroxylation sites is 1. The van der Waals surface area contributed by atoms with Gasteiger partial charge in [-0.25, -0.2) is 4.98 Å². The minimum atomic E-state index is -0.133. The number of rotatable bonds is 6. The lowest BCUT2D eigenvalue weighted by Gasteiger charge is -2.15. The van der Waals surface area contributed by atoms with Gasteiger partial charge in [0, 0.05) is 16.8 Å². The van der Waals surface area contributed by atoms with Crippen molar-refractivity contribution in [1.29, 1.82) is 0 Å². The Bertz CT molecular complexity index is 1260. The van der Waals surface area contributed by atoms with Gasteiger partial charge < -0.3 is 9.47 Å². The standard InChI is InChI=1S/C23H19ClN2O3S/c1-28-20-12-11-17(13-21(20)29-2)26-22(27)18-5-3-4-6-19(18)25-23(26)30-14-15-7-9-16(24)10-8-15/h3-13H,14H2,1-2H3. The first-order chi connectivity index (χ1) is 14.6. The normalized spacial score (nSPS) is 10.9. The number of methoxy groups -OCH3 is 2. The van der Waals surface area contributed by atoms with Gasteiger partial charge >= 0.3 is 0 Å². The maximum absolute atomic E-state index is 13.4. The number of ether oxygens (including phenoxy) is 2. The van der Waals surface area contributed by atoms with Crippen LogP contribution in [0.1, 0.15) is 5.56 Å². The summed E-state index contributed by atoms with van der Waals surface area (Å²) in [6.45, 7) is 0. The predicted octanol–water partition coefficient (Wildman–Crippen LogP) is 5.35. The molecule has 4 rings (SSSR count). The van der Waals surface area contributed by atoms with Crippen LogP contribution in [0.4, 0.5) is 0 Å². The SMILES string of the molecule is COc1ccc(-n2c(SCc3ccc(Cl)cc3)nc3ccccc3c2=O)cc1OC. The minimum Gasteiger partial charge on any atom is -0.493 e. The molecule has 5 nitrogen and oxygen atoms in total. The number of halogens is 1. The molecule has 0 aliphatic rings. The summed E-state index contributed by atoms with van der Waals surface area (Å²) < 4.78 is 12.4. The van der Waals surface area contributed by atoms with Crippen LogP contribution in [0.25, 0.3) is 16.6 Å². The highest BCUT2D eigenvalue weighted by Crippen LogP contribution is 2.31. The Labute approximate surface area is 183 Å². The molecule has 0 spiro atoms. The molecule has 152 valence electrons. The summed E-state index contributed by atoms with van der Waals surface area (Å²) in [5.74, 6) is 1.79. The molecule has 0 unspecified atom stereocenters. The van der Waals surface area contributed by atoms with E-state index >= 15 is 0 Å². The Balaban J connectivity index is 1.84. The largest absolute Gasteiger partial charge is 0.493 e. The lowest BCUT2D eigenvalue weighted by Crippen LogP contribution is -2.21. The molecule has 0 radical (unpaired) electrons. The molecule has 0 N–H and O–H groups in total. The van der Waals surface area contributed by atoms with Crippen molar-refractivity contribution >= 4 is 34.3 Å². The number of fused-ring (bicyclic) bond motifs is 1. The number of benzene rings is 3. The van der Waals surface area contributed by atoms with Crippen LogP contribution < -0.4 is 15.0 Å². The molecular weight excluding hydrogens is 420 g/mol. The highest BCUT2D eigenvalue weighted by atomic mass is 35.5. The molecule has 0 aliphatic carbocycles. The van der Waals surface area contributed by atoms with E-state index in [1.807, 2.05) is 48.5 Å². The van der Waals surface area contributed by atoms with E-state index in [4.69, 9.17) is 26.1 Å². The summed E-state index contributed by atoms with van der Waals surface area (Å²) >= 11 is 7.48. The van der Waals surface area contributed by atoms with Gasteiger partial charge in [0.05, 0.1) is 30.8 Å². The van der Waals surface area contributed by atoms with Crippen molar-refractivity contribution in [2.45, 2.75) is 10.9 Å². The summed E-state index contributed by atoms with van der Waals surface area (Å²) in [5, 5.41) is 1.85. The maximum atomic E-state index is 13.4. The van der Waals surface area contributed by atoms with Crippen molar-refractivity contribution in [3.63, 3.8) is 0 Å². The van der Waals surface area contributed by atoms with Gasteiger partial charge in [0.15, 0.2) is 16.7 Å². The Kier molecular flexibility index (Phi) is 5.97. The van der Waals surface area contributed by atoms with E-state index < -0.39 is 0 Å². The molecule has 0 amide bonds. The van der Waals surface area contributed by atoms with Crippen molar-refractivity contribution in [1.82, 2.24) is 9.55 Å². The van der Waals surface area contributed by atoms with E-state index in [0.29, 0.717) is 44.0 Å². The van der Waals surface area contributed by atoms with Crippen LogP contribution in [0.2, 0.25) is 5.02 Å². The Morgan fingerprint density at radius 3 is 2.43 bits per heavy atom. The molecule has 0 fully saturated rings. The zero-order valence-corrected chi connectivity index (χ0v) is 18.0. The van der Waals surface area contributed by atoms with E-state index in [2.05, 4.69) is 0 Å². The minimum absolute atomic E-state index is 0.133. The van der Waals surface area contributed by atoms with Gasteiger partial charge in [0.1, 0.15) is 0 Å². The monoisotopic (exact) mass is 438 g/mol. The lowest BCUT2D eigenvalue weighted by molar-refractivity contribution is 0.354. The molecule has 7 heteroatoms. The molecule has 0 saturated heterocycles. The molecule has 1 heterocycles. The molecule has 0 atom stereocenters. The molecule has 3 aromatic carbocycles. The average molecular weight is 439 g/mol. The summed E-state index contributed by atoms with van der Waals surface area (Å²) in [6.07, 6.45) is 0. The van der Waals surface area contributed by atoms with Crippen LogP contribution in [0.5, 0.6) is 11.5 Å². The van der Waals surface area contributed by atoms with Crippen LogP contribution in [0, 0.1) is 0 Å². The van der Waals surface area contributed by atoms with Crippen molar-refractivity contribution in [2.24, 2.45) is 0 Å². The van der Waals surface area contributed by atoms with Crippen molar-refractivity contribution < 1.29 is 9.47 Å². The number of thioether (sulfide) groups is 1. The first kappa shape index (κ1) is 20.3. The van der Waals surface area contributed by atoms with Gasteiger partial charge in [-0.2, -0.15) is 0 Å². The summed E-state index contributed by atoms with van der Waals surface area (Å²) in [5.41, 5.74) is 2.28. The third-order valence-electron chi connectivity index (χ3n) is 4.65. The zero-order chi connectivity index (χ0) is 21.1. The van der Waals surface area contributed by atoms with E-state index in [1.54, 1.807) is 37.0 Å². The molecule has 1 aromatic heterocycles. The van der Waals surface area contributed by atoms with E-state index in [0.717, 1.165) is 5.56 Å². The third kappa shape index (κ3) is 4.01. The number of hydrogen-bond donors (Lipinski definition) is 0. The van der Waals surface area contributed by atoms with Gasteiger partial charge in [-0.05, 0) is 42.0 Å². The summed E-state index contributed by atoms with van der Waals surface area (Å²) in [7, 11) is 3.15. The fourth-order valence-corrected chi connectivity index (χ4v) is 4.22. The van der Waals surface area contributed by atoms with Crippen molar-refractivity contribution in [2.75, 3.05) is 14.2 Å². The average Bonchev–Trinajstić information content (AvgIpc) is 2.78. The predicted molar refractivity (Wildman–Crippen MR) is 121 cm³/mol. The Morgan fingerprint density at radius 1 is 0.967 bits per heavy atom. The number of nitrogens with zero attached hydrogens (tertiary/aromatic N) is 2. The smallest absolute Gasteiger partial charge is 0.266 e. The molecule has 0 aliphatic heterocycles. The molecule has 0 saturated carbocycles. The van der Waals surface area contributed by atoms with Crippen molar-refractivity contribution in [3.05, 3.63) is 87.7 Å². The second kappa shape index (κ2) is 8.81. The summed E-state index contributed by atoms with van der Waals surface area (Å²) in [4.78, 5) is 18.2. The van der Waals surface area contributed by atoms with Crippen molar-refractivity contribution in [3.8, 4) is 17.2 Å². The van der Waals surface area contributed by atoms with E-state index in [9.17, 15) is 4.79 Å². The van der Waals surface area contributed by atoms with Gasteiger partial charge in [-0.15, -0.1) is 0 Å². The van der Waals surface area contributed by atoms with Gasteiger partial charge in [-0.3, -0.25) is 9.36 Å². The first-order valence-corrected chi connectivity index (χ1v) is 10.6. The van der Waals surface area contributed by atoms with Crippen LogP contribution >= 0.6 is 23.4 Å². The van der Waals surface area contributed by atoms with Gasteiger partial charge in [-0.1, -0.05) is 47.6 Å². The molecular formula is C23H19ClN2O3S. The quantitative estimate of drug-likeness (QED) is 0.300. The van der Waals surface area contributed by atoms with Crippen LogP contribution in [0.3, 0.4) is 0 Å². The van der Waals surface area contributed by atoms with E-state index in [-0.39, 0.29) is 5.56 Å². The highest BCUT2D eigenvalue weighted by molar-refractivity contribution is 7.98. The van der Waals surface area contributed by atoms with Crippen LogP contribution in [-0.4, -0.2) is 23.8 Å². The lowest BCUT2D eigenvalue weighted by atomic mass is 10.2. The Morgan fingerprint density at radius 2 is 1.70 bits per heavy atom. The van der Waals surface area contributed by atoms with Gasteiger partial charge in [0.2, 0.25) is 0 Å². The second-order valence-electron chi connectivity index (χ2n) is 6.51. The molecule has 0 bridgehead atoms. The third-order valence-corrected chi connectivity index (χ3v) is 5.91. The zero-order valence-electron chi connectivity index (χ0n) is 16.5. The van der Waals surface area contributed by atoms with Gasteiger partial charge in [0.25, 0.3) is 5.56 Å². The number of aromatic nitrogens is 2. The fourth-order valence-electron chi connectivity index (χ4n) is 3.13. The fraction of sp³-hybridized carbons (Fsp3) is 0.130. The topological polar surface area (TPSA) is 53.4 Å². The molecule has 4 aromatic rings.